The number of amides is 1. The summed E-state index contributed by atoms with van der Waals surface area (Å²) in [4.78, 5) is 13.2. The van der Waals surface area contributed by atoms with Crippen LogP contribution in [0.5, 0.6) is 0 Å². The van der Waals surface area contributed by atoms with Crippen LogP contribution < -0.4 is 11.3 Å². The molecule has 0 aromatic rings. The molecule has 0 spiro atoms. The maximum Gasteiger partial charge on any atom is 0.235 e. The normalized spacial score (nSPS) is 29.2. The molecule has 1 aliphatic rings. The van der Waals surface area contributed by atoms with Crippen molar-refractivity contribution in [2.45, 2.75) is 20.3 Å². The highest BCUT2D eigenvalue weighted by molar-refractivity contribution is 5.75. The largest absolute Gasteiger partial charge is 0.302 e. The first-order valence-corrected chi connectivity index (χ1v) is 4.85. The lowest BCUT2D eigenvalue weighted by Gasteiger charge is -2.13. The van der Waals surface area contributed by atoms with Crippen LogP contribution in [0.15, 0.2) is 0 Å². The van der Waals surface area contributed by atoms with Gasteiger partial charge in [-0.2, -0.15) is 0 Å². The zero-order valence-electron chi connectivity index (χ0n) is 8.42. The Hall–Kier alpha value is -0.610. The van der Waals surface area contributed by atoms with E-state index in [4.69, 9.17) is 5.84 Å². The summed E-state index contributed by atoms with van der Waals surface area (Å²) < 4.78 is 0. The molecule has 0 radical (unpaired) electrons. The number of carbonyl (C=O) groups excluding carboxylic acids is 1. The van der Waals surface area contributed by atoms with Gasteiger partial charge in [-0.15, -0.1) is 0 Å². The van der Waals surface area contributed by atoms with Gasteiger partial charge in [-0.3, -0.25) is 10.2 Å². The Labute approximate surface area is 79.4 Å². The van der Waals surface area contributed by atoms with Crippen LogP contribution in [0, 0.1) is 11.8 Å². The Kier molecular flexibility index (Phi) is 3.69. The topological polar surface area (TPSA) is 58.4 Å². The first kappa shape index (κ1) is 10.5. The lowest BCUT2D eigenvalue weighted by molar-refractivity contribution is -0.121. The molecule has 1 saturated heterocycles. The molecule has 76 valence electrons. The number of nitrogens with two attached hydrogens (primary N) is 1. The van der Waals surface area contributed by atoms with E-state index in [1.165, 1.54) is 0 Å². The van der Waals surface area contributed by atoms with Crippen molar-refractivity contribution < 1.29 is 4.79 Å². The van der Waals surface area contributed by atoms with Crippen molar-refractivity contribution in [3.63, 3.8) is 0 Å². The van der Waals surface area contributed by atoms with Crippen molar-refractivity contribution in [3.05, 3.63) is 0 Å². The second-order valence-electron chi connectivity index (χ2n) is 4.03. The molecule has 1 fully saturated rings. The monoisotopic (exact) mass is 185 g/mol. The molecule has 0 saturated carbocycles. The molecule has 2 unspecified atom stereocenters. The second kappa shape index (κ2) is 4.58. The van der Waals surface area contributed by atoms with E-state index in [-0.39, 0.29) is 5.91 Å². The first-order valence-electron chi connectivity index (χ1n) is 4.85. The van der Waals surface area contributed by atoms with Crippen LogP contribution in [0.1, 0.15) is 20.3 Å². The van der Waals surface area contributed by atoms with Crippen LogP contribution in [0.4, 0.5) is 0 Å². The Morgan fingerprint density at radius 2 is 2.00 bits per heavy atom. The van der Waals surface area contributed by atoms with Gasteiger partial charge in [0.05, 0.1) is 0 Å². The Morgan fingerprint density at radius 3 is 2.46 bits per heavy atom. The van der Waals surface area contributed by atoms with E-state index in [0.717, 1.165) is 31.5 Å². The molecule has 4 heteroatoms. The predicted molar refractivity (Wildman–Crippen MR) is 51.7 cm³/mol. The molecular formula is C9H19N3O. The van der Waals surface area contributed by atoms with E-state index in [9.17, 15) is 4.79 Å². The van der Waals surface area contributed by atoms with Gasteiger partial charge in [-0.25, -0.2) is 5.84 Å². The minimum absolute atomic E-state index is 0.0767. The first-order chi connectivity index (χ1) is 6.13. The van der Waals surface area contributed by atoms with Crippen LogP contribution in [-0.2, 0) is 4.79 Å². The van der Waals surface area contributed by atoms with Crippen molar-refractivity contribution >= 4 is 5.91 Å². The van der Waals surface area contributed by atoms with E-state index < -0.39 is 0 Å². The number of nitrogens with zero attached hydrogens (tertiary/aromatic N) is 1. The van der Waals surface area contributed by atoms with Gasteiger partial charge >= 0.3 is 0 Å². The molecule has 2 atom stereocenters. The average Bonchev–Trinajstić information content (AvgIpc) is 2.42. The molecule has 13 heavy (non-hydrogen) atoms. The smallest absolute Gasteiger partial charge is 0.235 e. The molecule has 1 heterocycles. The minimum Gasteiger partial charge on any atom is -0.302 e. The minimum atomic E-state index is -0.0767. The highest BCUT2D eigenvalue weighted by Gasteiger charge is 2.25. The zero-order valence-corrected chi connectivity index (χ0v) is 8.42. The maximum atomic E-state index is 10.9. The fourth-order valence-electron chi connectivity index (χ4n) is 1.76. The number of carbonyl (C=O) groups is 1. The third-order valence-electron chi connectivity index (χ3n) is 2.88. The lowest BCUT2D eigenvalue weighted by atomic mass is 10.0. The predicted octanol–water partition coefficient (Wildman–Crippen LogP) is -0.0458. The van der Waals surface area contributed by atoms with E-state index in [1.54, 1.807) is 0 Å². The molecule has 0 bridgehead atoms. The Bertz CT molecular complexity index is 174. The standard InChI is InChI=1S/C9H19N3O/c1-7-5-12(6-8(7)2)4-3-9(13)11-10/h7-8H,3-6,10H2,1-2H3,(H,11,13). The van der Waals surface area contributed by atoms with Crippen LogP contribution >= 0.6 is 0 Å². The van der Waals surface area contributed by atoms with Gasteiger partial charge in [0.1, 0.15) is 0 Å². The van der Waals surface area contributed by atoms with Crippen LogP contribution in [0.2, 0.25) is 0 Å². The van der Waals surface area contributed by atoms with Crippen molar-refractivity contribution in [3.8, 4) is 0 Å². The quantitative estimate of drug-likeness (QED) is 0.368. The van der Waals surface area contributed by atoms with Crippen LogP contribution in [0.3, 0.4) is 0 Å². The van der Waals surface area contributed by atoms with Crippen molar-refractivity contribution in [1.82, 2.24) is 10.3 Å². The second-order valence-corrected chi connectivity index (χ2v) is 4.03. The molecular weight excluding hydrogens is 166 g/mol. The summed E-state index contributed by atoms with van der Waals surface area (Å²) in [5, 5.41) is 0. The number of hydrogen-bond acceptors (Lipinski definition) is 3. The van der Waals surface area contributed by atoms with Gasteiger partial charge in [0.2, 0.25) is 5.91 Å². The summed E-state index contributed by atoms with van der Waals surface area (Å²) >= 11 is 0. The summed E-state index contributed by atoms with van der Waals surface area (Å²) in [5.74, 6) is 6.42. The summed E-state index contributed by atoms with van der Waals surface area (Å²) in [7, 11) is 0. The summed E-state index contributed by atoms with van der Waals surface area (Å²) in [6.07, 6.45) is 0.510. The molecule has 1 amide bonds. The SMILES string of the molecule is CC1CN(CCC(=O)NN)CC1C. The molecule has 0 aromatic carbocycles. The molecule has 3 N–H and O–H groups in total. The maximum absolute atomic E-state index is 10.9. The highest BCUT2D eigenvalue weighted by atomic mass is 16.2. The van der Waals surface area contributed by atoms with Gasteiger partial charge in [0.15, 0.2) is 0 Å². The van der Waals surface area contributed by atoms with E-state index in [2.05, 4.69) is 24.2 Å². The van der Waals surface area contributed by atoms with Crippen molar-refractivity contribution in [1.29, 1.82) is 0 Å². The van der Waals surface area contributed by atoms with Gasteiger partial charge in [0.25, 0.3) is 0 Å². The molecule has 0 aliphatic carbocycles. The Balaban J connectivity index is 2.20. The van der Waals surface area contributed by atoms with E-state index in [0.29, 0.717) is 6.42 Å². The lowest BCUT2D eigenvalue weighted by Crippen LogP contribution is -2.33. The molecule has 1 rings (SSSR count). The summed E-state index contributed by atoms with van der Waals surface area (Å²) in [6, 6.07) is 0. The van der Waals surface area contributed by atoms with Crippen LogP contribution in [0.25, 0.3) is 0 Å². The zero-order chi connectivity index (χ0) is 9.84. The van der Waals surface area contributed by atoms with E-state index >= 15 is 0 Å². The van der Waals surface area contributed by atoms with Gasteiger partial charge in [0, 0.05) is 26.1 Å². The number of nitrogens with one attached hydrogen (secondary N) is 1. The third kappa shape index (κ3) is 2.97. The summed E-state index contributed by atoms with van der Waals surface area (Å²) in [5.41, 5.74) is 2.15. The fraction of sp³-hybridized carbons (Fsp3) is 0.889. The van der Waals surface area contributed by atoms with Crippen molar-refractivity contribution in [2.24, 2.45) is 17.7 Å². The van der Waals surface area contributed by atoms with Gasteiger partial charge < -0.3 is 4.90 Å². The van der Waals surface area contributed by atoms with E-state index in [1.807, 2.05) is 0 Å². The van der Waals surface area contributed by atoms with Crippen molar-refractivity contribution in [2.75, 3.05) is 19.6 Å². The molecule has 0 aromatic heterocycles. The van der Waals surface area contributed by atoms with Crippen LogP contribution in [-0.4, -0.2) is 30.4 Å². The number of rotatable bonds is 3. The fourth-order valence-corrected chi connectivity index (χ4v) is 1.76. The Morgan fingerprint density at radius 1 is 1.46 bits per heavy atom. The number of hydrazine groups is 1. The highest BCUT2D eigenvalue weighted by Crippen LogP contribution is 2.21. The molecule has 1 aliphatic heterocycles. The number of likely N-dealkylation sites (tertiary alicyclic amines) is 1. The average molecular weight is 185 g/mol. The molecule has 4 nitrogen and oxygen atoms in total. The van der Waals surface area contributed by atoms with Gasteiger partial charge in [-0.1, -0.05) is 13.8 Å². The number of hydrogen-bond donors (Lipinski definition) is 2. The summed E-state index contributed by atoms with van der Waals surface area (Å²) in [6.45, 7) is 7.57. The van der Waals surface area contributed by atoms with Gasteiger partial charge in [-0.05, 0) is 11.8 Å². The third-order valence-corrected chi connectivity index (χ3v) is 2.88.